The molecule has 2 N–H and O–H groups in total. The van der Waals surface area contributed by atoms with Crippen LogP contribution in [-0.4, -0.2) is 89.6 Å². The maximum atomic E-state index is 13.0. The lowest BCUT2D eigenvalue weighted by Gasteiger charge is -2.32. The largest absolute Gasteiger partial charge is 0.490 e. The Morgan fingerprint density at radius 2 is 1.71 bits per heavy atom. The lowest BCUT2D eigenvalue weighted by molar-refractivity contribution is -0.192. The molecule has 13 heteroatoms. The average molecular weight is 508 g/mol. The molecule has 3 aliphatic rings. The van der Waals surface area contributed by atoms with Crippen molar-refractivity contribution in [2.24, 2.45) is 17.8 Å². The quantitative estimate of drug-likeness (QED) is 0.419. The summed E-state index contributed by atoms with van der Waals surface area (Å²) < 4.78 is 36.7. The summed E-state index contributed by atoms with van der Waals surface area (Å²) in [6.45, 7) is 4.35. The van der Waals surface area contributed by atoms with E-state index in [1.807, 2.05) is 6.92 Å². The van der Waals surface area contributed by atoms with Crippen molar-refractivity contribution in [3.8, 4) is 0 Å². The minimum Gasteiger partial charge on any atom is -0.475 e. The van der Waals surface area contributed by atoms with Gasteiger partial charge in [0.15, 0.2) is 0 Å². The van der Waals surface area contributed by atoms with Gasteiger partial charge in [-0.1, -0.05) is 19.3 Å². The second-order valence-electron chi connectivity index (χ2n) is 9.20. The highest BCUT2D eigenvalue weighted by atomic mass is 19.4. The minimum atomic E-state index is -5.08. The van der Waals surface area contributed by atoms with Gasteiger partial charge >= 0.3 is 18.1 Å². The molecule has 3 rings (SSSR count). The third kappa shape index (κ3) is 5.76. The van der Waals surface area contributed by atoms with Gasteiger partial charge < -0.3 is 14.7 Å². The van der Waals surface area contributed by atoms with Gasteiger partial charge in [-0.05, 0) is 26.7 Å². The Morgan fingerprint density at radius 3 is 2.17 bits per heavy atom. The van der Waals surface area contributed by atoms with Gasteiger partial charge in [0.25, 0.3) is 0 Å². The summed E-state index contributed by atoms with van der Waals surface area (Å²) in [6.07, 6.45) is 0.0281. The van der Waals surface area contributed by atoms with Gasteiger partial charge in [0.05, 0.1) is 18.9 Å². The van der Waals surface area contributed by atoms with Gasteiger partial charge in [-0.2, -0.15) is 13.2 Å². The number of carbonyl (C=O) groups excluding carboxylic acids is 4. The summed E-state index contributed by atoms with van der Waals surface area (Å²) in [5.74, 6) is -5.35. The first-order valence-corrected chi connectivity index (χ1v) is 11.5. The zero-order valence-corrected chi connectivity index (χ0v) is 20.2. The van der Waals surface area contributed by atoms with Crippen LogP contribution in [0, 0.1) is 17.8 Å². The number of methoxy groups -OCH3 is 1. The van der Waals surface area contributed by atoms with E-state index in [1.165, 1.54) is 20.6 Å². The van der Waals surface area contributed by atoms with E-state index in [9.17, 15) is 32.3 Å². The van der Waals surface area contributed by atoms with E-state index in [-0.39, 0.29) is 23.6 Å². The first-order chi connectivity index (χ1) is 16.2. The molecule has 3 fully saturated rings. The number of nitrogens with zero attached hydrogens (tertiary/aromatic N) is 2. The van der Waals surface area contributed by atoms with Crippen molar-refractivity contribution in [1.29, 1.82) is 0 Å². The molecule has 0 spiro atoms. The highest BCUT2D eigenvalue weighted by Gasteiger charge is 2.66. The van der Waals surface area contributed by atoms with Crippen LogP contribution in [0.2, 0.25) is 0 Å². The summed E-state index contributed by atoms with van der Waals surface area (Å²) in [6, 6.07) is -0.469. The van der Waals surface area contributed by atoms with E-state index < -0.39 is 41.5 Å². The first-order valence-electron chi connectivity index (χ1n) is 11.5. The molecule has 0 unspecified atom stereocenters. The molecule has 0 radical (unpaired) electrons. The van der Waals surface area contributed by atoms with E-state index in [4.69, 9.17) is 14.6 Å². The molecule has 1 aliphatic carbocycles. The standard InChI is InChI=1S/C20H31N3O5.C2HF3O2/c1-5-23(16(24)12-9-7-6-8-10-12)11-13-14-15(18(26)22(3)17(14)25)20(2,21-13)19(27)28-4;3-2(4,5)1(6)7/h12-15,21H,5-11H2,1-4H3;(H,6,7)/t13-,14+,15-,20-;/m1./s1. The maximum absolute atomic E-state index is 13.0. The SMILES string of the molecule is CCN(C[C@H]1N[C@@](C)(C(=O)OC)[C@H]2C(=O)N(C)C(=O)[C@@H]12)C(=O)C1CCCCC1.O=C(O)C(F)(F)F. The molecule has 10 nitrogen and oxygen atoms in total. The summed E-state index contributed by atoms with van der Waals surface area (Å²) >= 11 is 0. The fourth-order valence-corrected chi connectivity index (χ4v) is 5.19. The molecule has 0 aromatic rings. The first kappa shape index (κ1) is 28.5. The smallest absolute Gasteiger partial charge is 0.475 e. The number of alkyl halides is 3. The molecule has 2 heterocycles. The number of hydrogen-bond acceptors (Lipinski definition) is 7. The Balaban J connectivity index is 0.000000540. The second-order valence-corrected chi connectivity index (χ2v) is 9.20. The number of likely N-dealkylation sites (tertiary alicyclic amines) is 1. The van der Waals surface area contributed by atoms with Crippen LogP contribution >= 0.6 is 0 Å². The number of hydrogen-bond donors (Lipinski definition) is 2. The molecular weight excluding hydrogens is 475 g/mol. The number of likely N-dealkylation sites (N-methyl/N-ethyl adjacent to an activating group) is 1. The minimum absolute atomic E-state index is 0.0291. The summed E-state index contributed by atoms with van der Waals surface area (Å²) in [7, 11) is 2.72. The number of carboxylic acids is 1. The normalized spacial score (nSPS) is 28.8. The number of carbonyl (C=O) groups is 5. The summed E-state index contributed by atoms with van der Waals surface area (Å²) in [4.78, 5) is 62.7. The van der Waals surface area contributed by atoms with E-state index in [0.717, 1.165) is 30.6 Å². The van der Waals surface area contributed by atoms with Crippen LogP contribution in [0.15, 0.2) is 0 Å². The summed E-state index contributed by atoms with van der Waals surface area (Å²) in [5, 5.41) is 10.3. The van der Waals surface area contributed by atoms with Crippen LogP contribution in [0.4, 0.5) is 13.2 Å². The molecule has 2 aliphatic heterocycles. The van der Waals surface area contributed by atoms with Crippen LogP contribution in [0.3, 0.4) is 0 Å². The van der Waals surface area contributed by atoms with Crippen LogP contribution < -0.4 is 5.32 Å². The number of carboxylic acid groups (broad SMARTS) is 1. The number of amides is 3. The van der Waals surface area contributed by atoms with Gasteiger partial charge in [0.1, 0.15) is 5.54 Å². The van der Waals surface area contributed by atoms with Gasteiger partial charge in [-0.25, -0.2) is 4.79 Å². The van der Waals surface area contributed by atoms with Crippen molar-refractivity contribution in [2.75, 3.05) is 27.2 Å². The molecule has 4 atom stereocenters. The Morgan fingerprint density at radius 1 is 1.17 bits per heavy atom. The number of rotatable bonds is 5. The number of nitrogens with one attached hydrogen (secondary N) is 1. The molecule has 35 heavy (non-hydrogen) atoms. The highest BCUT2D eigenvalue weighted by Crippen LogP contribution is 2.43. The lowest BCUT2D eigenvalue weighted by Crippen LogP contribution is -2.56. The number of esters is 1. The second kappa shape index (κ2) is 10.9. The topological polar surface area (TPSA) is 133 Å². The Kier molecular flexibility index (Phi) is 8.90. The van der Waals surface area contributed by atoms with Crippen LogP contribution in [0.5, 0.6) is 0 Å². The number of fused-ring (bicyclic) bond motifs is 1. The third-order valence-electron chi connectivity index (χ3n) is 7.03. The van der Waals surface area contributed by atoms with E-state index >= 15 is 0 Å². The monoisotopic (exact) mass is 507 g/mol. The van der Waals surface area contributed by atoms with Crippen molar-refractivity contribution in [3.63, 3.8) is 0 Å². The average Bonchev–Trinajstić information content (AvgIpc) is 3.24. The number of ether oxygens (including phenoxy) is 1. The number of imide groups is 1. The molecule has 1 saturated carbocycles. The van der Waals surface area contributed by atoms with E-state index in [1.54, 1.807) is 11.8 Å². The highest BCUT2D eigenvalue weighted by molar-refractivity contribution is 6.09. The van der Waals surface area contributed by atoms with Gasteiger partial charge in [0, 0.05) is 32.1 Å². The molecule has 198 valence electrons. The van der Waals surface area contributed by atoms with Crippen molar-refractivity contribution < 1.29 is 47.0 Å². The van der Waals surface area contributed by atoms with Crippen molar-refractivity contribution in [2.45, 2.75) is 63.7 Å². The van der Waals surface area contributed by atoms with Crippen molar-refractivity contribution in [3.05, 3.63) is 0 Å². The Bertz CT molecular complexity index is 860. The predicted octanol–water partition coefficient (Wildman–Crippen LogP) is 1.18. The zero-order chi connectivity index (χ0) is 26.7. The van der Waals surface area contributed by atoms with Crippen molar-refractivity contribution >= 4 is 29.7 Å². The number of halogens is 3. The summed E-state index contributed by atoms with van der Waals surface area (Å²) in [5.41, 5.74) is -1.28. The fraction of sp³-hybridized carbons (Fsp3) is 0.773. The molecule has 3 amide bonds. The number of aliphatic carboxylic acids is 1. The maximum Gasteiger partial charge on any atom is 0.490 e. The molecule has 2 saturated heterocycles. The van der Waals surface area contributed by atoms with Gasteiger partial charge in [-0.3, -0.25) is 29.4 Å². The fourth-order valence-electron chi connectivity index (χ4n) is 5.19. The third-order valence-corrected chi connectivity index (χ3v) is 7.03. The van der Waals surface area contributed by atoms with E-state index in [0.29, 0.717) is 13.1 Å². The molecular formula is C22H32F3N3O7. The zero-order valence-electron chi connectivity index (χ0n) is 20.2. The van der Waals surface area contributed by atoms with Gasteiger partial charge in [0.2, 0.25) is 17.7 Å². The van der Waals surface area contributed by atoms with Gasteiger partial charge in [-0.15, -0.1) is 0 Å². The molecule has 0 aromatic carbocycles. The van der Waals surface area contributed by atoms with Crippen molar-refractivity contribution in [1.82, 2.24) is 15.1 Å². The van der Waals surface area contributed by atoms with Crippen LogP contribution in [-0.2, 0) is 28.7 Å². The molecule has 0 aromatic heterocycles. The predicted molar refractivity (Wildman–Crippen MR) is 115 cm³/mol. The Labute approximate surface area is 201 Å². The van der Waals surface area contributed by atoms with E-state index in [2.05, 4.69) is 5.32 Å². The Hall–Kier alpha value is -2.70. The van der Waals surface area contributed by atoms with Crippen LogP contribution in [0.1, 0.15) is 46.0 Å². The van der Waals surface area contributed by atoms with Crippen LogP contribution in [0.25, 0.3) is 0 Å². The molecule has 0 bridgehead atoms. The lowest BCUT2D eigenvalue weighted by atomic mass is 9.81.